The number of halogens is 2. The zero-order valence-corrected chi connectivity index (χ0v) is 19.6. The van der Waals surface area contributed by atoms with Crippen LogP contribution in [0.2, 0.25) is 10.0 Å². The predicted molar refractivity (Wildman–Crippen MR) is 125 cm³/mol. The molecule has 1 aliphatic carbocycles. The molecule has 2 aromatic carbocycles. The van der Waals surface area contributed by atoms with Crippen LogP contribution in [0.15, 0.2) is 47.4 Å². The Morgan fingerprint density at radius 3 is 2.81 bits per heavy atom. The van der Waals surface area contributed by atoms with Crippen molar-refractivity contribution < 1.29 is 18.3 Å². The van der Waals surface area contributed by atoms with Crippen LogP contribution >= 0.6 is 23.2 Å². The van der Waals surface area contributed by atoms with E-state index in [4.69, 9.17) is 27.9 Å². The fourth-order valence-corrected chi connectivity index (χ4v) is 6.57. The van der Waals surface area contributed by atoms with E-state index in [0.29, 0.717) is 17.2 Å². The standard InChI is InChI=1S/C23H24Cl2N2O4S/c24-13-9-19(23(28)20(25)10-13)22-17-5-1-4-16(17)18-11-15(6-7-21(18)27-22)32(29,30)26-12-14-3-2-8-31-14/h1,4,6-7,9-11,14,16-17,22,26-28H,2-3,5,8,12H2. The van der Waals surface area contributed by atoms with Crippen LogP contribution in [0, 0.1) is 5.92 Å². The summed E-state index contributed by atoms with van der Waals surface area (Å²) in [4.78, 5) is 0.238. The Balaban J connectivity index is 1.46. The summed E-state index contributed by atoms with van der Waals surface area (Å²) in [6.07, 6.45) is 6.76. The summed E-state index contributed by atoms with van der Waals surface area (Å²) in [6, 6.07) is 8.17. The molecule has 5 rings (SSSR count). The van der Waals surface area contributed by atoms with Crippen molar-refractivity contribution in [3.05, 3.63) is 63.7 Å². The normalized spacial score (nSPS) is 26.6. The minimum atomic E-state index is -3.65. The zero-order chi connectivity index (χ0) is 22.5. The molecule has 9 heteroatoms. The number of nitrogens with one attached hydrogen (secondary N) is 2. The van der Waals surface area contributed by atoms with Crippen LogP contribution in [0.25, 0.3) is 0 Å². The summed E-state index contributed by atoms with van der Waals surface area (Å²) in [7, 11) is -3.65. The Hall–Kier alpha value is -1.77. The molecule has 6 nitrogen and oxygen atoms in total. The molecule has 3 aliphatic rings. The Bertz CT molecular complexity index is 1180. The number of hydrogen-bond acceptors (Lipinski definition) is 5. The first-order valence-electron chi connectivity index (χ1n) is 10.7. The minimum absolute atomic E-state index is 0.0141. The Morgan fingerprint density at radius 2 is 2.03 bits per heavy atom. The number of allylic oxidation sites excluding steroid dienone is 2. The van der Waals surface area contributed by atoms with Crippen LogP contribution in [0.3, 0.4) is 0 Å². The Morgan fingerprint density at radius 1 is 1.19 bits per heavy atom. The van der Waals surface area contributed by atoms with Gasteiger partial charge in [0.1, 0.15) is 5.75 Å². The Kier molecular flexibility index (Phi) is 5.88. The van der Waals surface area contributed by atoms with Gasteiger partial charge in [-0.1, -0.05) is 35.4 Å². The molecule has 0 aromatic heterocycles. The summed E-state index contributed by atoms with van der Waals surface area (Å²) in [6.45, 7) is 0.960. The van der Waals surface area contributed by atoms with Gasteiger partial charge in [0, 0.05) is 35.3 Å². The second-order valence-electron chi connectivity index (χ2n) is 8.54. The van der Waals surface area contributed by atoms with Crippen molar-refractivity contribution in [3.8, 4) is 5.75 Å². The molecule has 4 atom stereocenters. The smallest absolute Gasteiger partial charge is 0.240 e. The van der Waals surface area contributed by atoms with Crippen LogP contribution in [0.5, 0.6) is 5.75 Å². The van der Waals surface area contributed by atoms with Gasteiger partial charge in [-0.3, -0.25) is 0 Å². The van der Waals surface area contributed by atoms with Gasteiger partial charge in [-0.15, -0.1) is 0 Å². The maximum Gasteiger partial charge on any atom is 0.240 e. The molecule has 4 unspecified atom stereocenters. The maximum absolute atomic E-state index is 12.9. The molecule has 2 aromatic rings. The van der Waals surface area contributed by atoms with Crippen molar-refractivity contribution in [3.63, 3.8) is 0 Å². The van der Waals surface area contributed by atoms with E-state index in [1.807, 2.05) is 0 Å². The van der Waals surface area contributed by atoms with E-state index in [2.05, 4.69) is 22.2 Å². The molecule has 2 heterocycles. The van der Waals surface area contributed by atoms with Crippen molar-refractivity contribution in [2.24, 2.45) is 5.92 Å². The number of sulfonamides is 1. The van der Waals surface area contributed by atoms with Crippen LogP contribution in [-0.2, 0) is 14.8 Å². The number of fused-ring (bicyclic) bond motifs is 3. The predicted octanol–water partition coefficient (Wildman–Crippen LogP) is 4.98. The molecule has 32 heavy (non-hydrogen) atoms. The molecular weight excluding hydrogens is 471 g/mol. The van der Waals surface area contributed by atoms with Crippen molar-refractivity contribution in [1.82, 2.24) is 4.72 Å². The number of anilines is 1. The average Bonchev–Trinajstić information content (AvgIpc) is 3.46. The average molecular weight is 495 g/mol. The number of benzene rings is 2. The first-order valence-corrected chi connectivity index (χ1v) is 12.9. The first kappa shape index (κ1) is 22.0. The van der Waals surface area contributed by atoms with Gasteiger partial charge in [0.15, 0.2) is 0 Å². The Labute approximate surface area is 197 Å². The molecule has 3 N–H and O–H groups in total. The van der Waals surface area contributed by atoms with Gasteiger partial charge in [-0.05, 0) is 61.1 Å². The fraction of sp³-hybridized carbons (Fsp3) is 0.391. The number of rotatable bonds is 5. The number of aromatic hydroxyl groups is 1. The van der Waals surface area contributed by atoms with E-state index in [-0.39, 0.29) is 46.2 Å². The molecule has 0 bridgehead atoms. The molecule has 170 valence electrons. The molecule has 0 amide bonds. The number of ether oxygens (including phenoxy) is 1. The highest BCUT2D eigenvalue weighted by Crippen LogP contribution is 2.52. The minimum Gasteiger partial charge on any atom is -0.506 e. The van der Waals surface area contributed by atoms with Gasteiger partial charge in [0.25, 0.3) is 0 Å². The molecule has 1 saturated heterocycles. The van der Waals surface area contributed by atoms with E-state index in [1.54, 1.807) is 24.3 Å². The second-order valence-corrected chi connectivity index (χ2v) is 11.1. The number of hydrogen-bond donors (Lipinski definition) is 3. The van der Waals surface area contributed by atoms with E-state index in [0.717, 1.165) is 30.5 Å². The van der Waals surface area contributed by atoms with Crippen LogP contribution in [0.1, 0.15) is 42.3 Å². The first-order chi connectivity index (χ1) is 15.3. The van der Waals surface area contributed by atoms with Crippen LogP contribution < -0.4 is 10.0 Å². The number of phenolic OH excluding ortho intramolecular Hbond substituents is 1. The maximum atomic E-state index is 12.9. The van der Waals surface area contributed by atoms with Gasteiger partial charge >= 0.3 is 0 Å². The summed E-state index contributed by atoms with van der Waals surface area (Å²) in [5.41, 5.74) is 2.39. The van der Waals surface area contributed by atoms with Gasteiger partial charge in [-0.2, -0.15) is 0 Å². The summed E-state index contributed by atoms with van der Waals surface area (Å²) >= 11 is 12.4. The number of phenols is 1. The molecule has 1 fully saturated rings. The third kappa shape index (κ3) is 4.01. The van der Waals surface area contributed by atoms with Crippen molar-refractivity contribution in [1.29, 1.82) is 0 Å². The highest BCUT2D eigenvalue weighted by molar-refractivity contribution is 7.89. The molecule has 0 spiro atoms. The molecule has 2 aliphatic heterocycles. The lowest BCUT2D eigenvalue weighted by Crippen LogP contribution is -2.32. The molecule has 0 radical (unpaired) electrons. The third-order valence-electron chi connectivity index (χ3n) is 6.56. The topological polar surface area (TPSA) is 87.7 Å². The summed E-state index contributed by atoms with van der Waals surface area (Å²) in [5.74, 6) is 0.127. The lowest BCUT2D eigenvalue weighted by molar-refractivity contribution is 0.114. The lowest BCUT2D eigenvalue weighted by atomic mass is 9.77. The SMILES string of the molecule is O=S(=O)(NCC1CCCO1)c1ccc2c(c1)C1C=CCC1C(c1cc(Cl)cc(Cl)c1O)N2. The van der Waals surface area contributed by atoms with E-state index >= 15 is 0 Å². The van der Waals surface area contributed by atoms with Crippen molar-refractivity contribution in [2.45, 2.75) is 42.2 Å². The highest BCUT2D eigenvalue weighted by atomic mass is 35.5. The van der Waals surface area contributed by atoms with E-state index < -0.39 is 10.0 Å². The highest BCUT2D eigenvalue weighted by Gasteiger charge is 2.40. The molecular formula is C23H24Cl2N2O4S. The van der Waals surface area contributed by atoms with E-state index in [9.17, 15) is 13.5 Å². The monoisotopic (exact) mass is 494 g/mol. The quantitative estimate of drug-likeness (QED) is 0.510. The summed E-state index contributed by atoms with van der Waals surface area (Å²) < 4.78 is 34.0. The van der Waals surface area contributed by atoms with Gasteiger partial charge in [-0.25, -0.2) is 13.1 Å². The largest absolute Gasteiger partial charge is 0.506 e. The molecule has 0 saturated carbocycles. The van der Waals surface area contributed by atoms with Crippen molar-refractivity contribution in [2.75, 3.05) is 18.5 Å². The van der Waals surface area contributed by atoms with Crippen LogP contribution in [0.4, 0.5) is 5.69 Å². The van der Waals surface area contributed by atoms with Crippen LogP contribution in [-0.4, -0.2) is 32.8 Å². The second kappa shape index (κ2) is 8.54. The van der Waals surface area contributed by atoms with Gasteiger partial charge in [0.05, 0.1) is 22.1 Å². The fourth-order valence-electron chi connectivity index (χ4n) is 4.96. The summed E-state index contributed by atoms with van der Waals surface area (Å²) in [5, 5.41) is 14.7. The third-order valence-corrected chi connectivity index (χ3v) is 8.49. The van der Waals surface area contributed by atoms with E-state index in [1.165, 1.54) is 6.07 Å². The van der Waals surface area contributed by atoms with Gasteiger partial charge < -0.3 is 15.2 Å². The van der Waals surface area contributed by atoms with Gasteiger partial charge in [0.2, 0.25) is 10.0 Å². The van der Waals surface area contributed by atoms with Crippen molar-refractivity contribution >= 4 is 38.9 Å². The zero-order valence-electron chi connectivity index (χ0n) is 17.2. The lowest BCUT2D eigenvalue weighted by Gasteiger charge is -2.38.